The predicted octanol–water partition coefficient (Wildman–Crippen LogP) is 3.64. The van der Waals surface area contributed by atoms with Crippen LogP contribution in [0.3, 0.4) is 0 Å². The molecule has 0 radical (unpaired) electrons. The summed E-state index contributed by atoms with van der Waals surface area (Å²) in [6.07, 6.45) is 3.06. The van der Waals surface area contributed by atoms with Gasteiger partial charge in [0.2, 0.25) is 5.91 Å². The minimum absolute atomic E-state index is 0.177. The lowest BCUT2D eigenvalue weighted by atomic mass is 10.2. The van der Waals surface area contributed by atoms with Crippen LogP contribution in [0.2, 0.25) is 0 Å². The molecule has 0 unspecified atom stereocenters. The van der Waals surface area contributed by atoms with Gasteiger partial charge >= 0.3 is 0 Å². The van der Waals surface area contributed by atoms with E-state index in [1.807, 2.05) is 0 Å². The van der Waals surface area contributed by atoms with Crippen LogP contribution >= 0.6 is 0 Å². The lowest BCUT2D eigenvalue weighted by Crippen LogP contribution is -2.24. The Morgan fingerprint density at radius 2 is 1.52 bits per heavy atom. The third kappa shape index (κ3) is 4.53. The Balaban J connectivity index is 1.96. The van der Waals surface area contributed by atoms with Gasteiger partial charge in [0.15, 0.2) is 0 Å². The van der Waals surface area contributed by atoms with Crippen LogP contribution in [0.5, 0.6) is 0 Å². The van der Waals surface area contributed by atoms with Gasteiger partial charge in [-0.1, -0.05) is 24.3 Å². The molecule has 0 aliphatic carbocycles. The Morgan fingerprint density at radius 3 is 2.10 bits per heavy atom. The van der Waals surface area contributed by atoms with Crippen LogP contribution in [0.1, 0.15) is 11.1 Å². The maximum Gasteiger partial charge on any atom is 0.246 e. The summed E-state index contributed by atoms with van der Waals surface area (Å²) < 4.78 is 25.6. The molecule has 0 atom stereocenters. The molecule has 0 aromatic heterocycles. The molecule has 108 valence electrons. The number of benzene rings is 2. The molecule has 0 fully saturated rings. The molecule has 0 bridgehead atoms. The molecule has 0 heterocycles. The minimum atomic E-state index is -0.313. The number of halogens is 2. The Bertz CT molecular complexity index is 633. The van der Waals surface area contributed by atoms with Gasteiger partial charge in [-0.05, 0) is 41.5 Å². The maximum absolute atomic E-state index is 12.8. The van der Waals surface area contributed by atoms with Gasteiger partial charge < -0.3 is 4.90 Å². The summed E-state index contributed by atoms with van der Waals surface area (Å²) in [5.41, 5.74) is 1.60. The van der Waals surface area contributed by atoms with Gasteiger partial charge in [0.05, 0.1) is 0 Å². The van der Waals surface area contributed by atoms with E-state index in [9.17, 15) is 13.6 Å². The highest BCUT2D eigenvalue weighted by atomic mass is 19.1. The Kier molecular flexibility index (Phi) is 4.82. The lowest BCUT2D eigenvalue weighted by molar-refractivity contribution is -0.125. The fourth-order valence-corrected chi connectivity index (χ4v) is 1.81. The van der Waals surface area contributed by atoms with Crippen molar-refractivity contribution in [3.05, 3.63) is 77.4 Å². The monoisotopic (exact) mass is 287 g/mol. The summed E-state index contributed by atoms with van der Waals surface area (Å²) in [5, 5.41) is 0. The molecule has 4 heteroatoms. The van der Waals surface area contributed by atoms with Crippen LogP contribution in [0.4, 0.5) is 8.78 Å². The highest BCUT2D eigenvalue weighted by Crippen LogP contribution is 2.08. The summed E-state index contributed by atoms with van der Waals surface area (Å²) in [7, 11) is 1.67. The quantitative estimate of drug-likeness (QED) is 0.786. The second kappa shape index (κ2) is 6.79. The van der Waals surface area contributed by atoms with Crippen molar-refractivity contribution in [1.29, 1.82) is 0 Å². The second-order valence-corrected chi connectivity index (χ2v) is 4.71. The van der Waals surface area contributed by atoms with Gasteiger partial charge in [-0.15, -0.1) is 0 Å². The molecule has 0 aliphatic heterocycles. The van der Waals surface area contributed by atoms with E-state index in [-0.39, 0.29) is 17.5 Å². The first kappa shape index (κ1) is 14.9. The van der Waals surface area contributed by atoms with Crippen molar-refractivity contribution in [1.82, 2.24) is 4.90 Å². The lowest BCUT2D eigenvalue weighted by Gasteiger charge is -2.15. The number of rotatable bonds is 4. The first-order chi connectivity index (χ1) is 10.0. The zero-order valence-corrected chi connectivity index (χ0v) is 11.6. The Morgan fingerprint density at radius 1 is 1.00 bits per heavy atom. The van der Waals surface area contributed by atoms with E-state index in [2.05, 4.69) is 0 Å². The van der Waals surface area contributed by atoms with Crippen LogP contribution in [0.25, 0.3) is 6.08 Å². The average Bonchev–Trinajstić information content (AvgIpc) is 2.48. The van der Waals surface area contributed by atoms with E-state index in [0.717, 1.165) is 11.1 Å². The molecule has 0 spiro atoms. The van der Waals surface area contributed by atoms with Crippen LogP contribution in [-0.4, -0.2) is 17.9 Å². The van der Waals surface area contributed by atoms with E-state index >= 15 is 0 Å². The van der Waals surface area contributed by atoms with E-state index < -0.39 is 0 Å². The molecule has 2 aromatic carbocycles. The fourth-order valence-electron chi connectivity index (χ4n) is 1.81. The highest BCUT2D eigenvalue weighted by Gasteiger charge is 2.05. The number of likely N-dealkylation sites (N-methyl/N-ethyl adjacent to an activating group) is 1. The molecule has 0 saturated heterocycles. The van der Waals surface area contributed by atoms with Crippen LogP contribution in [0.15, 0.2) is 54.6 Å². The van der Waals surface area contributed by atoms with Gasteiger partial charge in [-0.3, -0.25) is 4.79 Å². The normalized spacial score (nSPS) is 10.8. The summed E-state index contributed by atoms with van der Waals surface area (Å²) in [4.78, 5) is 13.5. The van der Waals surface area contributed by atoms with Crippen LogP contribution < -0.4 is 0 Å². The van der Waals surface area contributed by atoms with Crippen molar-refractivity contribution < 1.29 is 13.6 Å². The van der Waals surface area contributed by atoms with Crippen molar-refractivity contribution >= 4 is 12.0 Å². The van der Waals surface area contributed by atoms with Gasteiger partial charge in [0.1, 0.15) is 11.6 Å². The van der Waals surface area contributed by atoms with Crippen LogP contribution in [0, 0.1) is 11.6 Å². The van der Waals surface area contributed by atoms with Crippen LogP contribution in [-0.2, 0) is 11.3 Å². The summed E-state index contributed by atoms with van der Waals surface area (Å²) in [6, 6.07) is 11.9. The number of amides is 1. The second-order valence-electron chi connectivity index (χ2n) is 4.71. The van der Waals surface area contributed by atoms with E-state index in [1.165, 1.54) is 35.2 Å². The van der Waals surface area contributed by atoms with Crippen molar-refractivity contribution in [3.8, 4) is 0 Å². The van der Waals surface area contributed by atoms with E-state index in [4.69, 9.17) is 0 Å². The van der Waals surface area contributed by atoms with Crippen molar-refractivity contribution in [2.24, 2.45) is 0 Å². The number of carbonyl (C=O) groups excluding carboxylic acids is 1. The van der Waals surface area contributed by atoms with Crippen molar-refractivity contribution in [3.63, 3.8) is 0 Å². The van der Waals surface area contributed by atoms with Gasteiger partial charge in [0.25, 0.3) is 0 Å². The summed E-state index contributed by atoms with van der Waals surface area (Å²) in [6.45, 7) is 0.396. The number of hydrogen-bond donors (Lipinski definition) is 0. The van der Waals surface area contributed by atoms with Gasteiger partial charge in [0, 0.05) is 19.7 Å². The fraction of sp³-hybridized carbons (Fsp3) is 0.118. The maximum atomic E-state index is 12.8. The molecule has 0 saturated carbocycles. The first-order valence-electron chi connectivity index (χ1n) is 6.48. The van der Waals surface area contributed by atoms with Gasteiger partial charge in [-0.25, -0.2) is 8.78 Å². The third-order valence-corrected chi connectivity index (χ3v) is 3.00. The SMILES string of the molecule is CN(Cc1ccc(F)cc1)C(=O)/C=C/c1ccc(F)cc1. The topological polar surface area (TPSA) is 20.3 Å². The molecule has 2 nitrogen and oxygen atoms in total. The standard InChI is InChI=1S/C17H15F2NO/c1-20(12-14-4-9-16(19)10-5-14)17(21)11-6-13-2-7-15(18)8-3-13/h2-11H,12H2,1H3/b11-6+. The van der Waals surface area contributed by atoms with Crippen molar-refractivity contribution in [2.45, 2.75) is 6.54 Å². The molecule has 21 heavy (non-hydrogen) atoms. The predicted molar refractivity (Wildman–Crippen MR) is 78.3 cm³/mol. The van der Waals surface area contributed by atoms with E-state index in [1.54, 1.807) is 37.4 Å². The largest absolute Gasteiger partial charge is 0.338 e. The first-order valence-corrected chi connectivity index (χ1v) is 6.48. The summed E-state index contributed by atoms with van der Waals surface area (Å²) >= 11 is 0. The molecule has 1 amide bonds. The number of hydrogen-bond acceptors (Lipinski definition) is 1. The van der Waals surface area contributed by atoms with Crippen molar-refractivity contribution in [2.75, 3.05) is 7.05 Å². The van der Waals surface area contributed by atoms with Gasteiger partial charge in [-0.2, -0.15) is 0 Å². The zero-order valence-electron chi connectivity index (χ0n) is 11.6. The number of nitrogens with zero attached hydrogens (tertiary/aromatic N) is 1. The smallest absolute Gasteiger partial charge is 0.246 e. The zero-order chi connectivity index (χ0) is 15.2. The molecule has 2 aromatic rings. The molecular weight excluding hydrogens is 272 g/mol. The molecular formula is C17H15F2NO. The number of carbonyl (C=O) groups is 1. The average molecular weight is 287 g/mol. The molecule has 0 aliphatic rings. The Labute approximate surface area is 122 Å². The molecule has 2 rings (SSSR count). The minimum Gasteiger partial charge on any atom is -0.338 e. The third-order valence-electron chi connectivity index (χ3n) is 3.00. The highest BCUT2D eigenvalue weighted by molar-refractivity contribution is 5.91. The molecule has 0 N–H and O–H groups in total. The van der Waals surface area contributed by atoms with E-state index in [0.29, 0.717) is 6.54 Å². The summed E-state index contributed by atoms with van der Waals surface area (Å²) in [5.74, 6) is -0.792. The Hall–Kier alpha value is -2.49.